The van der Waals surface area contributed by atoms with E-state index in [1.54, 1.807) is 11.0 Å². The van der Waals surface area contributed by atoms with E-state index in [0.717, 1.165) is 30.8 Å². The smallest absolute Gasteiger partial charge is 0.280 e. The molecule has 2 aromatic heterocycles. The highest BCUT2D eigenvalue weighted by molar-refractivity contribution is 7.87. The van der Waals surface area contributed by atoms with Gasteiger partial charge in [0.25, 0.3) is 10.2 Å². The van der Waals surface area contributed by atoms with Crippen molar-refractivity contribution in [3.8, 4) is 0 Å². The quantitative estimate of drug-likeness (QED) is 0.815. The van der Waals surface area contributed by atoms with Crippen LogP contribution in [0.15, 0.2) is 29.2 Å². The lowest BCUT2D eigenvalue weighted by Crippen LogP contribution is -2.41. The zero-order valence-electron chi connectivity index (χ0n) is 13.1. The second-order valence-electron chi connectivity index (χ2n) is 5.48. The Morgan fingerprint density at radius 3 is 3.00 bits per heavy atom. The molecule has 0 amide bonds. The van der Waals surface area contributed by atoms with Crippen molar-refractivity contribution in [2.24, 2.45) is 0 Å². The number of nitrogens with one attached hydrogen (secondary N) is 1. The first-order chi connectivity index (χ1) is 11.1. The van der Waals surface area contributed by atoms with Gasteiger partial charge in [0.2, 0.25) is 0 Å². The summed E-state index contributed by atoms with van der Waals surface area (Å²) in [7, 11) is -3.55. The molecule has 1 fully saturated rings. The summed E-state index contributed by atoms with van der Waals surface area (Å²) in [6.07, 6.45) is 5.39. The molecule has 1 saturated heterocycles. The number of aryl methyl sites for hydroxylation is 1. The second-order valence-corrected chi connectivity index (χ2v) is 7.19. The fourth-order valence-corrected chi connectivity index (χ4v) is 4.22. The van der Waals surface area contributed by atoms with E-state index < -0.39 is 10.2 Å². The Morgan fingerprint density at radius 1 is 1.43 bits per heavy atom. The second kappa shape index (κ2) is 6.81. The number of furan rings is 1. The van der Waals surface area contributed by atoms with Crippen LogP contribution >= 0.6 is 0 Å². The van der Waals surface area contributed by atoms with Crippen molar-refractivity contribution in [2.45, 2.75) is 38.8 Å². The highest BCUT2D eigenvalue weighted by Crippen LogP contribution is 2.34. The Morgan fingerprint density at radius 2 is 2.30 bits per heavy atom. The first-order valence-corrected chi connectivity index (χ1v) is 9.21. The molecule has 1 N–H and O–H groups in total. The van der Waals surface area contributed by atoms with Gasteiger partial charge in [0.05, 0.1) is 12.6 Å². The summed E-state index contributed by atoms with van der Waals surface area (Å²) in [4.78, 5) is 3.83. The van der Waals surface area contributed by atoms with Gasteiger partial charge in [-0.25, -0.2) is 9.71 Å². The van der Waals surface area contributed by atoms with Gasteiger partial charge in [0, 0.05) is 19.5 Å². The van der Waals surface area contributed by atoms with Gasteiger partial charge in [-0.2, -0.15) is 17.8 Å². The van der Waals surface area contributed by atoms with E-state index in [2.05, 4.69) is 14.8 Å². The molecule has 0 aliphatic carbocycles. The average molecular weight is 339 g/mol. The van der Waals surface area contributed by atoms with Crippen LogP contribution in [0.25, 0.3) is 0 Å². The highest BCUT2D eigenvalue weighted by Gasteiger charge is 2.36. The summed E-state index contributed by atoms with van der Waals surface area (Å²) in [5, 5.41) is 3.95. The number of hydrogen-bond acceptors (Lipinski definition) is 5. The SMILES string of the molecule is CCc1ccc([C@H]2CCCN2S(=O)(=O)NCCn2cncn2)o1. The molecule has 1 atom stereocenters. The molecule has 8 nitrogen and oxygen atoms in total. The third-order valence-electron chi connectivity index (χ3n) is 3.96. The predicted molar refractivity (Wildman–Crippen MR) is 83.7 cm³/mol. The van der Waals surface area contributed by atoms with Crippen LogP contribution in [0.3, 0.4) is 0 Å². The van der Waals surface area contributed by atoms with Gasteiger partial charge in [0.15, 0.2) is 0 Å². The standard InChI is InChI=1S/C14H21N5O3S/c1-2-12-5-6-14(22-12)13-4-3-8-19(13)23(20,21)17-7-9-18-11-15-10-16-18/h5-6,10-11,13,17H,2-4,7-9H2,1H3/t13-/m1/s1. The predicted octanol–water partition coefficient (Wildman–Crippen LogP) is 1.10. The molecule has 0 radical (unpaired) electrons. The lowest BCUT2D eigenvalue weighted by molar-refractivity contribution is 0.327. The molecule has 23 heavy (non-hydrogen) atoms. The number of nitrogens with zero attached hydrogens (tertiary/aromatic N) is 4. The molecular formula is C14H21N5O3S. The van der Waals surface area contributed by atoms with Crippen molar-refractivity contribution in [1.29, 1.82) is 0 Å². The first-order valence-electron chi connectivity index (χ1n) is 7.77. The maximum Gasteiger partial charge on any atom is 0.280 e. The third kappa shape index (κ3) is 3.62. The summed E-state index contributed by atoms with van der Waals surface area (Å²) in [5.74, 6) is 1.60. The molecular weight excluding hydrogens is 318 g/mol. The summed E-state index contributed by atoms with van der Waals surface area (Å²) in [5.41, 5.74) is 0. The minimum absolute atomic E-state index is 0.223. The van der Waals surface area contributed by atoms with Gasteiger partial charge in [-0.3, -0.25) is 4.68 Å². The van der Waals surface area contributed by atoms with E-state index >= 15 is 0 Å². The molecule has 3 heterocycles. The molecule has 0 unspecified atom stereocenters. The Balaban J connectivity index is 1.65. The summed E-state index contributed by atoms with van der Waals surface area (Å²) in [6.45, 7) is 3.23. The average Bonchev–Trinajstić information content (AvgIpc) is 3.27. The van der Waals surface area contributed by atoms with Gasteiger partial charge >= 0.3 is 0 Å². The van der Waals surface area contributed by atoms with Crippen LogP contribution in [0.1, 0.15) is 37.3 Å². The van der Waals surface area contributed by atoms with Crippen LogP contribution in [-0.4, -0.2) is 40.6 Å². The zero-order valence-corrected chi connectivity index (χ0v) is 13.9. The van der Waals surface area contributed by atoms with Gasteiger partial charge in [-0.1, -0.05) is 6.92 Å². The van der Waals surface area contributed by atoms with E-state index in [9.17, 15) is 8.42 Å². The molecule has 9 heteroatoms. The number of rotatable bonds is 7. The van der Waals surface area contributed by atoms with Crippen LogP contribution in [0.5, 0.6) is 0 Å². The summed E-state index contributed by atoms with van der Waals surface area (Å²) < 4.78 is 36.6. The molecule has 0 bridgehead atoms. The fourth-order valence-electron chi connectivity index (χ4n) is 2.80. The highest BCUT2D eigenvalue weighted by atomic mass is 32.2. The zero-order chi connectivity index (χ0) is 16.3. The van der Waals surface area contributed by atoms with E-state index in [0.29, 0.717) is 13.1 Å². The normalized spacial score (nSPS) is 19.4. The fraction of sp³-hybridized carbons (Fsp3) is 0.571. The number of aromatic nitrogens is 3. The topological polar surface area (TPSA) is 93.3 Å². The molecule has 1 aliphatic heterocycles. The molecule has 0 aromatic carbocycles. The van der Waals surface area contributed by atoms with Crippen LogP contribution < -0.4 is 4.72 Å². The van der Waals surface area contributed by atoms with Crippen molar-refractivity contribution >= 4 is 10.2 Å². The Kier molecular flexibility index (Phi) is 4.79. The van der Waals surface area contributed by atoms with E-state index in [1.807, 2.05) is 19.1 Å². The molecule has 3 rings (SSSR count). The lowest BCUT2D eigenvalue weighted by Gasteiger charge is -2.22. The van der Waals surface area contributed by atoms with Crippen LogP contribution in [0, 0.1) is 0 Å². The number of hydrogen-bond donors (Lipinski definition) is 1. The van der Waals surface area contributed by atoms with Crippen LogP contribution in [0.4, 0.5) is 0 Å². The Labute approximate surface area is 135 Å². The van der Waals surface area contributed by atoms with Crippen LogP contribution in [-0.2, 0) is 23.2 Å². The maximum absolute atomic E-state index is 12.5. The van der Waals surface area contributed by atoms with Gasteiger partial charge in [0.1, 0.15) is 24.2 Å². The minimum Gasteiger partial charge on any atom is -0.464 e. The first kappa shape index (κ1) is 16.2. The van der Waals surface area contributed by atoms with Crippen molar-refractivity contribution in [3.05, 3.63) is 36.3 Å². The largest absolute Gasteiger partial charge is 0.464 e. The third-order valence-corrected chi connectivity index (χ3v) is 5.59. The van der Waals surface area contributed by atoms with Crippen molar-refractivity contribution in [2.75, 3.05) is 13.1 Å². The Hall–Kier alpha value is -1.71. The minimum atomic E-state index is -3.55. The molecule has 2 aromatic rings. The molecule has 1 aliphatic rings. The van der Waals surface area contributed by atoms with E-state index in [1.165, 1.54) is 10.6 Å². The van der Waals surface area contributed by atoms with Gasteiger partial charge < -0.3 is 4.42 Å². The van der Waals surface area contributed by atoms with Crippen molar-refractivity contribution in [3.63, 3.8) is 0 Å². The molecule has 0 saturated carbocycles. The van der Waals surface area contributed by atoms with Gasteiger partial charge in [-0.05, 0) is 25.0 Å². The van der Waals surface area contributed by atoms with E-state index in [4.69, 9.17) is 4.42 Å². The maximum atomic E-state index is 12.5. The lowest BCUT2D eigenvalue weighted by atomic mass is 10.2. The Bertz CT molecular complexity index is 725. The van der Waals surface area contributed by atoms with Crippen molar-refractivity contribution in [1.82, 2.24) is 23.8 Å². The summed E-state index contributed by atoms with van der Waals surface area (Å²) >= 11 is 0. The van der Waals surface area contributed by atoms with Crippen LogP contribution in [0.2, 0.25) is 0 Å². The monoisotopic (exact) mass is 339 g/mol. The van der Waals surface area contributed by atoms with E-state index in [-0.39, 0.29) is 12.6 Å². The van der Waals surface area contributed by atoms with Gasteiger partial charge in [-0.15, -0.1) is 0 Å². The van der Waals surface area contributed by atoms with Crippen molar-refractivity contribution < 1.29 is 12.8 Å². The molecule has 0 spiro atoms. The molecule has 126 valence electrons. The summed E-state index contributed by atoms with van der Waals surface area (Å²) in [6, 6.07) is 3.57.